The number of nitrogens with one attached hydrogen (secondary N) is 11. The molecule has 38 heteroatoms. The van der Waals surface area contributed by atoms with E-state index in [-0.39, 0.29) is 89.3 Å². The molecule has 0 aliphatic carbocycles. The maximum atomic E-state index is 15.0. The molecule has 5 rings (SSSR count). The molecule has 4 heterocycles. The second kappa shape index (κ2) is 41.2. The fraction of sp³-hybridized carbons (Fsp3) is 0.681. The lowest BCUT2D eigenvalue weighted by Crippen LogP contribution is -2.64. The van der Waals surface area contributed by atoms with Gasteiger partial charge in [0.1, 0.15) is 78.5 Å². The number of thiol groups is 3. The number of aliphatic imine (C=N–C) groups is 1. The normalized spacial score (nSPS) is 27.9. The first kappa shape index (κ1) is 89.1. The standard InChI is InChI=1S/C69H109N17O18S3/c1-10-35(3)49-60(98)83-52(68(6,7)106)62(100)77-42(31-38-19-13-12-14-20-38)64(102)84-27-16-22-44(84)58(96)76-41(32-48(90)91)54(92)73-33-47(89)74-39(21-15-26-72-67(70)71)56(94)82-53(69(8,9)107)63(101)81-51(37(5)88)61(99)75-40(25-30-105)55(93)78-43(34-87)57(95)80-50(36(4)11-2)66(104)86-29-18-24-46(86)65(103)85-28-17-23-45(85)59(97)79-49/h12-14,19-20,35-37,39-46,49-53,87-88,105-107H,10-11,15-18,21-34H2,1-9H3,(H,73,92)(H,74,89)(H,75,99)(H,76,96)(H,77,100)(H,78,93)(H,79,97)(H,80,95)(H,81,101)(H,82,94)(H,83,98)(H,90,91)(H4,70,71,72)/t35-,36-,37+,39-,40-,41-,42-,43-,44-,45-,46-,49-,50-,51-,52-,53-/m0/s1. The molecule has 0 saturated carbocycles. The van der Waals surface area contributed by atoms with Crippen LogP contribution in [0.3, 0.4) is 0 Å². The number of carboxylic acids is 1. The number of amides is 14. The van der Waals surface area contributed by atoms with E-state index in [1.165, 1.54) is 42.4 Å². The van der Waals surface area contributed by atoms with Gasteiger partial charge in [-0.3, -0.25) is 76.9 Å². The van der Waals surface area contributed by atoms with E-state index in [1.807, 2.05) is 0 Å². The SMILES string of the molecule is CC[C@H](C)[C@@H]1NC(=O)[C@@H]2CCCN2C(=O)[C@@H]2CCCN2C(=O)[C@H]([C@@H](C)CC)NC(=O)[C@H](CO)NC(=O)[C@H](CCS)NC(=O)[C@H]([C@@H](C)O)NC(=O)[C@@H](C(C)(C)S)NC(=O)[C@H](CCCN=C(N)N)NC(=O)CNC(=O)[C@H](CC(=O)O)NC(=O)[C@@H]2CCCN2C(=O)[C@H](Cc2ccccc2)NC(=O)[C@@H](C(C)(C)S)NC1=O. The summed E-state index contributed by atoms with van der Waals surface area (Å²) in [4.78, 5) is 223. The predicted octanol–water partition coefficient (Wildman–Crippen LogP) is -4.09. The van der Waals surface area contributed by atoms with Crippen LogP contribution in [-0.4, -0.2) is 264 Å². The lowest BCUT2D eigenvalue weighted by atomic mass is 9.95. The van der Waals surface area contributed by atoms with Gasteiger partial charge in [0.05, 0.1) is 25.7 Å². The van der Waals surface area contributed by atoms with Crippen molar-refractivity contribution in [3.05, 3.63) is 35.9 Å². The highest BCUT2D eigenvalue weighted by atomic mass is 32.1. The lowest BCUT2D eigenvalue weighted by Gasteiger charge is -2.36. The number of carboxylic acid groups (broad SMARTS) is 1. The number of aliphatic carboxylic acids is 1. The number of nitrogens with zero attached hydrogens (tertiary/aromatic N) is 4. The van der Waals surface area contributed by atoms with Crippen LogP contribution in [0.1, 0.15) is 145 Å². The third kappa shape index (κ3) is 25.6. The minimum atomic E-state index is -1.88. The van der Waals surface area contributed by atoms with Crippen molar-refractivity contribution in [2.45, 2.75) is 240 Å². The summed E-state index contributed by atoms with van der Waals surface area (Å²) in [5.74, 6) is -16.2. The number of hydrogen-bond donors (Lipinski definition) is 19. The van der Waals surface area contributed by atoms with E-state index in [1.54, 1.807) is 58.0 Å². The first-order chi connectivity index (χ1) is 50.3. The van der Waals surface area contributed by atoms with Gasteiger partial charge >= 0.3 is 5.97 Å². The third-order valence-corrected chi connectivity index (χ3v) is 20.2. The van der Waals surface area contributed by atoms with Gasteiger partial charge in [0, 0.05) is 42.1 Å². The van der Waals surface area contributed by atoms with Gasteiger partial charge in [-0.25, -0.2) is 0 Å². The Hall–Kier alpha value is -8.49. The van der Waals surface area contributed by atoms with Crippen molar-refractivity contribution < 1.29 is 87.2 Å². The van der Waals surface area contributed by atoms with Crippen LogP contribution in [0.25, 0.3) is 0 Å². The van der Waals surface area contributed by atoms with Crippen molar-refractivity contribution in [3.8, 4) is 0 Å². The van der Waals surface area contributed by atoms with Crippen molar-refractivity contribution in [2.75, 3.05) is 45.1 Å². The van der Waals surface area contributed by atoms with E-state index in [0.717, 1.165) is 6.92 Å². The molecule has 14 amide bonds. The first-order valence-corrected chi connectivity index (χ1v) is 37.7. The number of aliphatic hydroxyl groups is 2. The fourth-order valence-electron chi connectivity index (χ4n) is 13.0. The quantitative estimate of drug-likeness (QED) is 0.0288. The minimum Gasteiger partial charge on any atom is -0.481 e. The van der Waals surface area contributed by atoms with Crippen LogP contribution in [0.4, 0.5) is 0 Å². The Morgan fingerprint density at radius 1 is 0.542 bits per heavy atom. The van der Waals surface area contributed by atoms with Crippen LogP contribution in [0.5, 0.6) is 0 Å². The Bertz CT molecular complexity index is 3390. The molecule has 0 bridgehead atoms. The van der Waals surface area contributed by atoms with Crippen LogP contribution in [-0.2, 0) is 78.3 Å². The topological polar surface area (TPSA) is 523 Å². The zero-order valence-electron chi connectivity index (χ0n) is 62.0. The molecule has 596 valence electrons. The van der Waals surface area contributed by atoms with Gasteiger partial charge in [0.2, 0.25) is 82.7 Å². The maximum absolute atomic E-state index is 15.0. The Morgan fingerprint density at radius 3 is 1.52 bits per heavy atom. The number of hydrogen-bond acceptors (Lipinski definition) is 21. The molecule has 107 heavy (non-hydrogen) atoms. The predicted molar refractivity (Wildman–Crippen MR) is 401 cm³/mol. The molecule has 0 aromatic heterocycles. The molecular weight excluding hydrogens is 1450 g/mol. The smallest absolute Gasteiger partial charge is 0.305 e. The summed E-state index contributed by atoms with van der Waals surface area (Å²) < 4.78 is -2.91. The van der Waals surface area contributed by atoms with Crippen LogP contribution in [0.15, 0.2) is 35.3 Å². The zero-order chi connectivity index (χ0) is 79.9. The highest BCUT2D eigenvalue weighted by molar-refractivity contribution is 7.82. The third-order valence-electron chi connectivity index (χ3n) is 19.4. The summed E-state index contributed by atoms with van der Waals surface area (Å²) in [6.07, 6.45) is -1.47. The van der Waals surface area contributed by atoms with Crippen molar-refractivity contribution in [1.29, 1.82) is 0 Å². The van der Waals surface area contributed by atoms with Crippen molar-refractivity contribution in [1.82, 2.24) is 73.2 Å². The Labute approximate surface area is 639 Å². The van der Waals surface area contributed by atoms with E-state index in [9.17, 15) is 82.4 Å². The number of carbonyl (C=O) groups excluding carboxylic acids is 14. The van der Waals surface area contributed by atoms with E-state index < -0.39 is 214 Å². The second-order valence-electron chi connectivity index (χ2n) is 28.7. The molecule has 0 spiro atoms. The summed E-state index contributed by atoms with van der Waals surface area (Å²) in [7, 11) is 0. The van der Waals surface area contributed by atoms with Gasteiger partial charge in [-0.15, -0.1) is 0 Å². The molecular formula is C69H109N17O18S3. The number of rotatable bonds is 18. The number of guanidine groups is 1. The summed E-state index contributed by atoms with van der Waals surface area (Å²) in [6.45, 7) is 12.0. The van der Waals surface area contributed by atoms with Gasteiger partial charge < -0.3 is 100.0 Å². The number of benzene rings is 1. The molecule has 4 aliphatic rings. The lowest BCUT2D eigenvalue weighted by molar-refractivity contribution is -0.149. The van der Waals surface area contributed by atoms with Crippen LogP contribution < -0.4 is 70.0 Å². The molecule has 4 fully saturated rings. The van der Waals surface area contributed by atoms with E-state index >= 15 is 4.79 Å². The largest absolute Gasteiger partial charge is 0.481 e. The van der Waals surface area contributed by atoms with Gasteiger partial charge in [-0.1, -0.05) is 70.9 Å². The van der Waals surface area contributed by atoms with Gasteiger partial charge in [-0.2, -0.15) is 37.9 Å². The van der Waals surface area contributed by atoms with Crippen molar-refractivity contribution in [3.63, 3.8) is 0 Å². The Morgan fingerprint density at radius 2 is 0.991 bits per heavy atom. The monoisotopic (exact) mass is 1560 g/mol. The second-order valence-corrected chi connectivity index (χ2v) is 31.5. The van der Waals surface area contributed by atoms with Crippen molar-refractivity contribution >= 4 is 133 Å². The molecule has 0 unspecified atom stereocenters. The number of aliphatic hydroxyl groups excluding tert-OH is 2. The van der Waals surface area contributed by atoms with Crippen LogP contribution >= 0.6 is 37.9 Å². The Kier molecular flexibility index (Phi) is 34.3. The molecule has 1 aromatic carbocycles. The molecule has 16 atom stereocenters. The Balaban J connectivity index is 1.57. The van der Waals surface area contributed by atoms with Crippen LogP contribution in [0.2, 0.25) is 0 Å². The molecule has 35 nitrogen and oxygen atoms in total. The molecule has 4 saturated heterocycles. The summed E-state index contributed by atoms with van der Waals surface area (Å²) in [6, 6.07) is -11.1. The van der Waals surface area contributed by atoms with Crippen molar-refractivity contribution in [2.24, 2.45) is 28.3 Å². The molecule has 18 N–H and O–H groups in total. The highest BCUT2D eigenvalue weighted by Gasteiger charge is 2.48. The summed E-state index contributed by atoms with van der Waals surface area (Å²) in [5.41, 5.74) is 11.6. The summed E-state index contributed by atoms with van der Waals surface area (Å²) in [5, 5.41) is 59.5. The number of nitrogens with two attached hydrogens (primary N) is 2. The summed E-state index contributed by atoms with van der Waals surface area (Å²) >= 11 is 13.5. The molecule has 1 aromatic rings. The molecule has 0 radical (unpaired) electrons. The number of fused-ring (bicyclic) bond motifs is 3. The average molecular weight is 1560 g/mol. The zero-order valence-corrected chi connectivity index (χ0v) is 64.7. The fourth-order valence-corrected chi connectivity index (χ4v) is 13.6. The first-order valence-electron chi connectivity index (χ1n) is 36.2. The highest BCUT2D eigenvalue weighted by Crippen LogP contribution is 2.29. The van der Waals surface area contributed by atoms with Gasteiger partial charge in [0.15, 0.2) is 5.96 Å². The van der Waals surface area contributed by atoms with E-state index in [4.69, 9.17) is 24.1 Å². The van der Waals surface area contributed by atoms with E-state index in [0.29, 0.717) is 31.2 Å². The minimum absolute atomic E-state index is 0.00391. The maximum Gasteiger partial charge on any atom is 0.305 e. The van der Waals surface area contributed by atoms with Gasteiger partial charge in [-0.05, 0) is 116 Å². The average Bonchev–Trinajstić information content (AvgIpc) is 1.67. The van der Waals surface area contributed by atoms with Crippen LogP contribution in [0, 0.1) is 11.8 Å². The van der Waals surface area contributed by atoms with Gasteiger partial charge in [0.25, 0.3) is 0 Å². The number of carbonyl (C=O) groups is 15. The van der Waals surface area contributed by atoms with E-state index in [2.05, 4.69) is 88.7 Å². The molecule has 4 aliphatic heterocycles.